The minimum absolute atomic E-state index is 0.0207. The van der Waals surface area contributed by atoms with Crippen LogP contribution >= 0.6 is 0 Å². The maximum absolute atomic E-state index is 13.8. The van der Waals surface area contributed by atoms with Crippen LogP contribution in [0.15, 0.2) is 18.2 Å². The molecule has 0 unspecified atom stereocenters. The highest BCUT2D eigenvalue weighted by Gasteiger charge is 2.39. The highest BCUT2D eigenvalue weighted by atomic mass is 19.1. The van der Waals surface area contributed by atoms with Crippen LogP contribution in [-0.2, 0) is 9.53 Å². The van der Waals surface area contributed by atoms with Crippen LogP contribution < -0.4 is 10.6 Å². The maximum Gasteiger partial charge on any atom is 0.412 e. The molecular formula is C16H21FN2O3. The minimum atomic E-state index is -0.745. The van der Waals surface area contributed by atoms with Crippen LogP contribution in [0.5, 0.6) is 0 Å². The number of anilines is 2. The first-order valence-corrected chi connectivity index (χ1v) is 7.26. The summed E-state index contributed by atoms with van der Waals surface area (Å²) in [6, 6.07) is 4.03. The summed E-state index contributed by atoms with van der Waals surface area (Å²) in [5.74, 6) is -0.266. The third kappa shape index (κ3) is 4.44. The van der Waals surface area contributed by atoms with Gasteiger partial charge >= 0.3 is 6.09 Å². The summed E-state index contributed by atoms with van der Waals surface area (Å²) in [4.78, 5) is 23.6. The van der Waals surface area contributed by atoms with Crippen molar-refractivity contribution in [3.8, 4) is 0 Å². The molecule has 2 atom stereocenters. The number of amides is 2. The van der Waals surface area contributed by atoms with Crippen molar-refractivity contribution in [2.24, 2.45) is 11.8 Å². The Morgan fingerprint density at radius 3 is 2.45 bits per heavy atom. The number of carbonyl (C=O) groups is 2. The maximum atomic E-state index is 13.8. The summed E-state index contributed by atoms with van der Waals surface area (Å²) < 4.78 is 18.8. The van der Waals surface area contributed by atoms with Gasteiger partial charge < -0.3 is 10.1 Å². The molecule has 1 saturated carbocycles. The predicted molar refractivity (Wildman–Crippen MR) is 82.2 cm³/mol. The van der Waals surface area contributed by atoms with E-state index in [9.17, 15) is 14.0 Å². The summed E-state index contributed by atoms with van der Waals surface area (Å²) in [5.41, 5.74) is -0.262. The number of rotatable bonds is 3. The van der Waals surface area contributed by atoms with Gasteiger partial charge in [0.25, 0.3) is 0 Å². The van der Waals surface area contributed by atoms with Crippen LogP contribution in [-0.4, -0.2) is 17.6 Å². The number of ether oxygens (including phenoxy) is 1. The van der Waals surface area contributed by atoms with Gasteiger partial charge in [0.1, 0.15) is 11.4 Å². The Labute approximate surface area is 129 Å². The van der Waals surface area contributed by atoms with Gasteiger partial charge in [0.15, 0.2) is 0 Å². The zero-order valence-corrected chi connectivity index (χ0v) is 13.2. The minimum Gasteiger partial charge on any atom is -0.444 e. The quantitative estimate of drug-likeness (QED) is 0.893. The highest BCUT2D eigenvalue weighted by Crippen LogP contribution is 2.38. The predicted octanol–water partition coefficient (Wildman–Crippen LogP) is 3.77. The fourth-order valence-corrected chi connectivity index (χ4v) is 2.03. The van der Waals surface area contributed by atoms with Crippen LogP contribution in [0.25, 0.3) is 0 Å². The van der Waals surface area contributed by atoms with Gasteiger partial charge in [-0.2, -0.15) is 0 Å². The van der Waals surface area contributed by atoms with Gasteiger partial charge in [0.2, 0.25) is 5.91 Å². The molecule has 5 nitrogen and oxygen atoms in total. The lowest BCUT2D eigenvalue weighted by Crippen LogP contribution is -2.27. The van der Waals surface area contributed by atoms with Gasteiger partial charge in [0.05, 0.1) is 5.69 Å². The Hall–Kier alpha value is -2.11. The fraction of sp³-hybridized carbons (Fsp3) is 0.500. The summed E-state index contributed by atoms with van der Waals surface area (Å²) >= 11 is 0. The summed E-state index contributed by atoms with van der Waals surface area (Å²) in [7, 11) is 0. The lowest BCUT2D eigenvalue weighted by Gasteiger charge is -2.20. The molecule has 0 saturated heterocycles. The second kappa shape index (κ2) is 5.94. The average Bonchev–Trinajstić information content (AvgIpc) is 3.08. The number of carbonyl (C=O) groups excluding carboxylic acids is 2. The lowest BCUT2D eigenvalue weighted by atomic mass is 10.2. The number of nitrogens with one attached hydrogen (secondary N) is 2. The van der Waals surface area contributed by atoms with E-state index in [4.69, 9.17) is 4.74 Å². The van der Waals surface area contributed by atoms with E-state index in [0.717, 1.165) is 6.42 Å². The van der Waals surface area contributed by atoms with Gasteiger partial charge in [-0.05, 0) is 51.3 Å². The highest BCUT2D eigenvalue weighted by molar-refractivity contribution is 5.95. The summed E-state index contributed by atoms with van der Waals surface area (Å²) in [6.45, 7) is 7.16. The zero-order valence-electron chi connectivity index (χ0n) is 13.2. The summed E-state index contributed by atoms with van der Waals surface area (Å²) in [6.07, 6.45) is 0.126. The molecule has 0 spiro atoms. The first kappa shape index (κ1) is 16.3. The molecular weight excluding hydrogens is 287 g/mol. The van der Waals surface area contributed by atoms with E-state index in [-0.39, 0.29) is 17.5 Å². The molecule has 0 heterocycles. The van der Waals surface area contributed by atoms with Gasteiger partial charge in [0, 0.05) is 11.6 Å². The first-order chi connectivity index (χ1) is 10.2. The van der Waals surface area contributed by atoms with E-state index in [2.05, 4.69) is 10.6 Å². The molecule has 22 heavy (non-hydrogen) atoms. The standard InChI is InChI=1S/C16H21FN2O3/c1-9-7-11(9)14(20)18-10-5-6-12(17)13(8-10)19-15(21)22-16(2,3)4/h5-6,8-9,11H,7H2,1-4H3,(H,18,20)(H,19,21)/t9-,11+/m0/s1. The van der Waals surface area contributed by atoms with Crippen molar-refractivity contribution in [2.75, 3.05) is 10.6 Å². The second-order valence-corrected chi connectivity index (χ2v) is 6.63. The van der Waals surface area contributed by atoms with E-state index in [1.54, 1.807) is 20.8 Å². The number of hydrogen-bond donors (Lipinski definition) is 2. The Balaban J connectivity index is 2.03. The van der Waals surface area contributed by atoms with Crippen LogP contribution in [0.1, 0.15) is 34.1 Å². The van der Waals surface area contributed by atoms with Gasteiger partial charge in [-0.1, -0.05) is 6.92 Å². The van der Waals surface area contributed by atoms with E-state index in [1.165, 1.54) is 18.2 Å². The first-order valence-electron chi connectivity index (χ1n) is 7.26. The Morgan fingerprint density at radius 1 is 1.27 bits per heavy atom. The molecule has 0 radical (unpaired) electrons. The molecule has 1 aliphatic rings. The van der Waals surface area contributed by atoms with Crippen LogP contribution in [0.2, 0.25) is 0 Å². The van der Waals surface area contributed by atoms with Gasteiger partial charge in [-0.15, -0.1) is 0 Å². The smallest absolute Gasteiger partial charge is 0.412 e. The zero-order chi connectivity index (χ0) is 16.5. The van der Waals surface area contributed by atoms with Crippen molar-refractivity contribution >= 4 is 23.4 Å². The number of halogens is 1. The fourth-order valence-electron chi connectivity index (χ4n) is 2.03. The van der Waals surface area contributed by atoms with Crippen LogP contribution in [0, 0.1) is 17.7 Å². The van der Waals surface area contributed by atoms with Crippen molar-refractivity contribution in [1.82, 2.24) is 0 Å². The van der Waals surface area contributed by atoms with E-state index >= 15 is 0 Å². The second-order valence-electron chi connectivity index (χ2n) is 6.63. The normalized spacial score (nSPS) is 20.2. The summed E-state index contributed by atoms with van der Waals surface area (Å²) in [5, 5.41) is 5.07. The molecule has 0 bridgehead atoms. The topological polar surface area (TPSA) is 67.4 Å². The Kier molecular flexibility index (Phi) is 4.39. The largest absolute Gasteiger partial charge is 0.444 e. The van der Waals surface area contributed by atoms with Crippen molar-refractivity contribution < 1.29 is 18.7 Å². The lowest BCUT2D eigenvalue weighted by molar-refractivity contribution is -0.117. The molecule has 1 aromatic rings. The number of benzene rings is 1. The number of hydrogen-bond acceptors (Lipinski definition) is 3. The van der Waals surface area contributed by atoms with Crippen molar-refractivity contribution in [1.29, 1.82) is 0 Å². The molecule has 1 aliphatic carbocycles. The van der Waals surface area contributed by atoms with Gasteiger partial charge in [-0.3, -0.25) is 10.1 Å². The monoisotopic (exact) mass is 308 g/mol. The van der Waals surface area contributed by atoms with Gasteiger partial charge in [-0.25, -0.2) is 9.18 Å². The van der Waals surface area contributed by atoms with E-state index in [1.807, 2.05) is 6.92 Å². The SMILES string of the molecule is C[C@H]1C[C@H]1C(=O)Nc1ccc(F)c(NC(=O)OC(C)(C)C)c1. The Morgan fingerprint density at radius 2 is 1.91 bits per heavy atom. The van der Waals surface area contributed by atoms with Crippen molar-refractivity contribution in [3.05, 3.63) is 24.0 Å². The van der Waals surface area contributed by atoms with E-state index < -0.39 is 17.5 Å². The molecule has 0 aliphatic heterocycles. The van der Waals surface area contributed by atoms with Crippen LogP contribution in [0.4, 0.5) is 20.6 Å². The molecule has 120 valence electrons. The Bertz CT molecular complexity index is 596. The third-order valence-electron chi connectivity index (χ3n) is 3.32. The molecule has 1 fully saturated rings. The van der Waals surface area contributed by atoms with Crippen LogP contribution in [0.3, 0.4) is 0 Å². The van der Waals surface area contributed by atoms with E-state index in [0.29, 0.717) is 11.6 Å². The third-order valence-corrected chi connectivity index (χ3v) is 3.32. The molecule has 2 rings (SSSR count). The van der Waals surface area contributed by atoms with Crippen molar-refractivity contribution in [3.63, 3.8) is 0 Å². The van der Waals surface area contributed by atoms with Crippen molar-refractivity contribution in [2.45, 2.75) is 39.7 Å². The molecule has 2 N–H and O–H groups in total. The average molecular weight is 308 g/mol. The molecule has 0 aromatic heterocycles. The molecule has 6 heteroatoms. The molecule has 1 aromatic carbocycles. The molecule has 2 amide bonds.